The van der Waals surface area contributed by atoms with Crippen LogP contribution in [0.1, 0.15) is 47.7 Å². The number of Topliss-reactive ketones (excluding diaryl/α,β-unsaturated/α-hetero) is 1. The average Bonchev–Trinajstić information content (AvgIpc) is 2.53. The van der Waals surface area contributed by atoms with Crippen molar-refractivity contribution in [3.05, 3.63) is 34.9 Å². The topological polar surface area (TPSA) is 46.6 Å². The van der Waals surface area contributed by atoms with Gasteiger partial charge in [0.2, 0.25) is 0 Å². The zero-order valence-electron chi connectivity index (χ0n) is 14.4. The van der Waals surface area contributed by atoms with Crippen LogP contribution in [0.5, 0.6) is 0 Å². The Kier molecular flexibility index (Phi) is 6.34. The lowest BCUT2D eigenvalue weighted by Crippen LogP contribution is -2.38. The summed E-state index contributed by atoms with van der Waals surface area (Å²) in [5.41, 5.74) is 3.06. The molecule has 4 heteroatoms. The maximum absolute atomic E-state index is 12.5. The predicted molar refractivity (Wildman–Crippen MR) is 90.7 cm³/mol. The van der Waals surface area contributed by atoms with E-state index in [1.807, 2.05) is 32.9 Å². The van der Waals surface area contributed by atoms with Gasteiger partial charge in [0, 0.05) is 12.0 Å². The summed E-state index contributed by atoms with van der Waals surface area (Å²) in [5, 5.41) is 0. The monoisotopic (exact) mass is 317 g/mol. The molecule has 0 atom stereocenters. The fourth-order valence-corrected chi connectivity index (χ4v) is 3.04. The molecule has 0 bridgehead atoms. The molecule has 126 valence electrons. The van der Waals surface area contributed by atoms with Crippen LogP contribution < -0.4 is 0 Å². The van der Waals surface area contributed by atoms with E-state index in [1.54, 1.807) is 0 Å². The van der Waals surface area contributed by atoms with Gasteiger partial charge < -0.3 is 4.74 Å². The summed E-state index contributed by atoms with van der Waals surface area (Å²) >= 11 is 0. The van der Waals surface area contributed by atoms with Crippen LogP contribution in [0, 0.1) is 19.8 Å². The lowest BCUT2D eigenvalue weighted by molar-refractivity contribution is -0.145. The number of carbonyl (C=O) groups is 2. The van der Waals surface area contributed by atoms with Gasteiger partial charge in [0.15, 0.2) is 5.78 Å². The highest BCUT2D eigenvalue weighted by Gasteiger charge is 2.22. The summed E-state index contributed by atoms with van der Waals surface area (Å²) in [6.07, 6.45) is 2.40. The van der Waals surface area contributed by atoms with Crippen LogP contribution >= 0.6 is 0 Å². The molecule has 0 N–H and O–H groups in total. The SMILES string of the molecule is CCC(=O)OCC1CCN(CC(=O)c2ccc(C)cc2C)CC1. The average molecular weight is 317 g/mol. The Morgan fingerprint density at radius 1 is 1.22 bits per heavy atom. The summed E-state index contributed by atoms with van der Waals surface area (Å²) in [6.45, 7) is 8.63. The number of hydrogen-bond donors (Lipinski definition) is 0. The molecule has 2 rings (SSSR count). The molecule has 1 saturated heterocycles. The van der Waals surface area contributed by atoms with E-state index in [2.05, 4.69) is 11.0 Å². The minimum atomic E-state index is -0.127. The number of ether oxygens (including phenoxy) is 1. The quantitative estimate of drug-likeness (QED) is 0.597. The smallest absolute Gasteiger partial charge is 0.305 e. The van der Waals surface area contributed by atoms with Gasteiger partial charge in [-0.2, -0.15) is 0 Å². The van der Waals surface area contributed by atoms with Crippen LogP contribution in [0.15, 0.2) is 18.2 Å². The number of piperidine rings is 1. The van der Waals surface area contributed by atoms with E-state index >= 15 is 0 Å². The predicted octanol–water partition coefficient (Wildman–Crippen LogP) is 3.15. The zero-order valence-corrected chi connectivity index (χ0v) is 14.4. The first-order chi connectivity index (χ1) is 11.0. The first kappa shape index (κ1) is 17.7. The minimum absolute atomic E-state index is 0.127. The molecule has 0 aromatic heterocycles. The van der Waals surface area contributed by atoms with E-state index in [9.17, 15) is 9.59 Å². The maximum Gasteiger partial charge on any atom is 0.305 e. The zero-order chi connectivity index (χ0) is 16.8. The molecule has 0 unspecified atom stereocenters. The van der Waals surface area contributed by atoms with Gasteiger partial charge in [-0.05, 0) is 51.3 Å². The summed E-state index contributed by atoms with van der Waals surface area (Å²) in [6, 6.07) is 5.99. The highest BCUT2D eigenvalue weighted by Crippen LogP contribution is 2.19. The Morgan fingerprint density at radius 2 is 1.91 bits per heavy atom. The number of esters is 1. The van der Waals surface area contributed by atoms with E-state index in [-0.39, 0.29) is 11.8 Å². The number of benzene rings is 1. The Bertz CT molecular complexity index is 560. The molecular weight excluding hydrogens is 290 g/mol. The molecule has 1 aliphatic heterocycles. The van der Waals surface area contributed by atoms with Gasteiger partial charge in [-0.1, -0.05) is 30.7 Å². The number of nitrogens with zero attached hydrogens (tertiary/aromatic N) is 1. The summed E-state index contributed by atoms with van der Waals surface area (Å²) in [7, 11) is 0. The normalized spacial score (nSPS) is 16.3. The van der Waals surface area contributed by atoms with Gasteiger partial charge in [0.1, 0.15) is 0 Å². The second kappa shape index (κ2) is 8.25. The highest BCUT2D eigenvalue weighted by molar-refractivity contribution is 5.99. The van der Waals surface area contributed by atoms with E-state index in [0.29, 0.717) is 25.5 Å². The first-order valence-corrected chi connectivity index (χ1v) is 8.48. The Morgan fingerprint density at radius 3 is 2.52 bits per heavy atom. The molecular formula is C19H27NO3. The van der Waals surface area contributed by atoms with Crippen molar-refractivity contribution in [2.75, 3.05) is 26.2 Å². The fourth-order valence-electron chi connectivity index (χ4n) is 3.04. The van der Waals surface area contributed by atoms with Gasteiger partial charge in [-0.3, -0.25) is 14.5 Å². The standard InChI is InChI=1S/C19H27NO3/c1-4-19(22)23-13-16-7-9-20(10-8-16)12-18(21)17-6-5-14(2)11-15(17)3/h5-6,11,16H,4,7-10,12-13H2,1-3H3. The second-order valence-corrected chi connectivity index (χ2v) is 6.50. The van der Waals surface area contributed by atoms with Crippen LogP contribution in [-0.2, 0) is 9.53 Å². The second-order valence-electron chi connectivity index (χ2n) is 6.50. The maximum atomic E-state index is 12.5. The van der Waals surface area contributed by atoms with Crippen LogP contribution in [0.4, 0.5) is 0 Å². The number of aryl methyl sites for hydroxylation is 2. The molecule has 0 spiro atoms. The minimum Gasteiger partial charge on any atom is -0.465 e. The molecule has 0 amide bonds. The molecule has 0 saturated carbocycles. The molecule has 23 heavy (non-hydrogen) atoms. The third-order valence-electron chi connectivity index (χ3n) is 4.53. The van der Waals surface area contributed by atoms with Crippen molar-refractivity contribution < 1.29 is 14.3 Å². The molecule has 0 radical (unpaired) electrons. The number of carbonyl (C=O) groups excluding carboxylic acids is 2. The molecule has 4 nitrogen and oxygen atoms in total. The molecule has 0 aliphatic carbocycles. The summed E-state index contributed by atoms with van der Waals surface area (Å²) < 4.78 is 5.22. The van der Waals surface area contributed by atoms with E-state index < -0.39 is 0 Å². The van der Waals surface area contributed by atoms with Gasteiger partial charge >= 0.3 is 5.97 Å². The van der Waals surface area contributed by atoms with Crippen LogP contribution in [0.25, 0.3) is 0 Å². The largest absolute Gasteiger partial charge is 0.465 e. The van der Waals surface area contributed by atoms with Crippen molar-refractivity contribution >= 4 is 11.8 Å². The van der Waals surface area contributed by atoms with Crippen molar-refractivity contribution in [3.63, 3.8) is 0 Å². The molecule has 1 heterocycles. The van der Waals surface area contributed by atoms with Crippen molar-refractivity contribution in [2.45, 2.75) is 40.0 Å². The van der Waals surface area contributed by atoms with E-state index in [1.165, 1.54) is 5.56 Å². The number of likely N-dealkylation sites (tertiary alicyclic amines) is 1. The Labute approximate surface area is 138 Å². The Balaban J connectivity index is 1.79. The van der Waals surface area contributed by atoms with Gasteiger partial charge in [-0.25, -0.2) is 0 Å². The molecule has 1 aliphatic rings. The lowest BCUT2D eigenvalue weighted by Gasteiger charge is -2.31. The van der Waals surface area contributed by atoms with E-state index in [0.717, 1.165) is 37.1 Å². The number of rotatable bonds is 6. The van der Waals surface area contributed by atoms with Crippen molar-refractivity contribution in [2.24, 2.45) is 5.92 Å². The summed E-state index contributed by atoms with van der Waals surface area (Å²) in [4.78, 5) is 25.9. The van der Waals surface area contributed by atoms with Crippen LogP contribution in [0.3, 0.4) is 0 Å². The third kappa shape index (κ3) is 5.17. The van der Waals surface area contributed by atoms with Crippen LogP contribution in [0.2, 0.25) is 0 Å². The molecule has 1 aromatic rings. The van der Waals surface area contributed by atoms with Gasteiger partial charge in [-0.15, -0.1) is 0 Å². The third-order valence-corrected chi connectivity index (χ3v) is 4.53. The van der Waals surface area contributed by atoms with E-state index in [4.69, 9.17) is 4.74 Å². The van der Waals surface area contributed by atoms with Gasteiger partial charge in [0.25, 0.3) is 0 Å². The highest BCUT2D eigenvalue weighted by atomic mass is 16.5. The lowest BCUT2D eigenvalue weighted by atomic mass is 9.96. The van der Waals surface area contributed by atoms with Crippen molar-refractivity contribution in [3.8, 4) is 0 Å². The summed E-state index contributed by atoms with van der Waals surface area (Å²) in [5.74, 6) is 0.494. The van der Waals surface area contributed by atoms with Crippen LogP contribution in [-0.4, -0.2) is 42.9 Å². The Hall–Kier alpha value is -1.68. The molecule has 1 fully saturated rings. The molecule has 1 aromatic carbocycles. The van der Waals surface area contributed by atoms with Gasteiger partial charge in [0.05, 0.1) is 13.2 Å². The first-order valence-electron chi connectivity index (χ1n) is 8.48. The van der Waals surface area contributed by atoms with Crippen molar-refractivity contribution in [1.82, 2.24) is 4.90 Å². The number of hydrogen-bond acceptors (Lipinski definition) is 4. The fraction of sp³-hybridized carbons (Fsp3) is 0.579. The van der Waals surface area contributed by atoms with Crippen molar-refractivity contribution in [1.29, 1.82) is 0 Å². The number of ketones is 1.